The average Bonchev–Trinajstić information content (AvgIpc) is 3.55. The minimum atomic E-state index is -1.24. The fourth-order valence-corrected chi connectivity index (χ4v) is 8.26. The number of ether oxygens (including phenoxy) is 1. The third-order valence-corrected chi connectivity index (χ3v) is 11.2. The van der Waals surface area contributed by atoms with E-state index in [2.05, 4.69) is 15.6 Å². The fourth-order valence-electron chi connectivity index (χ4n) is 8.26. The van der Waals surface area contributed by atoms with Gasteiger partial charge in [0.25, 0.3) is 0 Å². The SMILES string of the molecule is COc1ccccc1CN1CCN([C@H](C(=O)N[C@@H](Cc2ccccc2)[C@@H](O)C[C@@H](Cc2ccc(-c3ccccn3)cc2)NC(=O)[C@@H](N(C)C(=O)O)C(C)(C)C)C(C)(C)C)C1=O. The topological polar surface area (TPSA) is 165 Å². The van der Waals surface area contributed by atoms with Crippen LogP contribution in [0.2, 0.25) is 0 Å². The zero-order valence-electron chi connectivity index (χ0n) is 36.7. The molecule has 4 N–H and O–H groups in total. The Labute approximate surface area is 360 Å². The summed E-state index contributed by atoms with van der Waals surface area (Å²) in [4.78, 5) is 63.8. The van der Waals surface area contributed by atoms with Crippen molar-refractivity contribution in [3.05, 3.63) is 120 Å². The Hall–Kier alpha value is -5.95. The number of urea groups is 1. The number of hydrogen-bond donors (Lipinski definition) is 4. The highest BCUT2D eigenvalue weighted by molar-refractivity contribution is 5.89. The molecular weight excluding hydrogens is 773 g/mol. The first-order valence-electron chi connectivity index (χ1n) is 20.8. The van der Waals surface area contributed by atoms with E-state index in [0.717, 1.165) is 32.8 Å². The quantitative estimate of drug-likeness (QED) is 0.0920. The number of rotatable bonds is 17. The van der Waals surface area contributed by atoms with E-state index in [9.17, 15) is 29.4 Å². The van der Waals surface area contributed by atoms with Crippen molar-refractivity contribution in [1.82, 2.24) is 30.3 Å². The van der Waals surface area contributed by atoms with Crippen molar-refractivity contribution in [2.24, 2.45) is 10.8 Å². The molecule has 3 aromatic carbocycles. The van der Waals surface area contributed by atoms with Crippen LogP contribution in [0.25, 0.3) is 11.3 Å². The number of para-hydroxylation sites is 1. The van der Waals surface area contributed by atoms with Crippen molar-refractivity contribution in [2.75, 3.05) is 27.2 Å². The second kappa shape index (κ2) is 20.1. The summed E-state index contributed by atoms with van der Waals surface area (Å²) >= 11 is 0. The van der Waals surface area contributed by atoms with Gasteiger partial charge in [-0.05, 0) is 59.4 Å². The molecule has 4 aromatic rings. The van der Waals surface area contributed by atoms with Gasteiger partial charge in [-0.15, -0.1) is 0 Å². The molecule has 0 radical (unpaired) electrons. The maximum atomic E-state index is 14.6. The van der Waals surface area contributed by atoms with Gasteiger partial charge in [-0.2, -0.15) is 0 Å². The molecule has 0 aliphatic carbocycles. The van der Waals surface area contributed by atoms with E-state index in [1.807, 2.05) is 118 Å². The zero-order chi connectivity index (χ0) is 44.5. The Bertz CT molecular complexity index is 2090. The Morgan fingerprint density at radius 3 is 2.05 bits per heavy atom. The molecule has 1 saturated heterocycles. The van der Waals surface area contributed by atoms with E-state index in [0.29, 0.717) is 31.8 Å². The van der Waals surface area contributed by atoms with Crippen LogP contribution < -0.4 is 15.4 Å². The molecule has 13 heteroatoms. The summed E-state index contributed by atoms with van der Waals surface area (Å²) in [5, 5.41) is 28.4. The number of aliphatic hydroxyl groups is 1. The Morgan fingerprint density at radius 2 is 1.44 bits per heavy atom. The van der Waals surface area contributed by atoms with Gasteiger partial charge in [0.2, 0.25) is 11.8 Å². The van der Waals surface area contributed by atoms with Gasteiger partial charge in [0.05, 0.1) is 31.5 Å². The molecule has 0 saturated carbocycles. The summed E-state index contributed by atoms with van der Waals surface area (Å²) in [7, 11) is 2.97. The molecule has 5 rings (SSSR count). The first kappa shape index (κ1) is 46.1. The van der Waals surface area contributed by atoms with Gasteiger partial charge in [-0.3, -0.25) is 19.5 Å². The molecule has 2 heterocycles. The number of carbonyl (C=O) groups excluding carboxylic acids is 3. The number of pyridine rings is 1. The first-order valence-corrected chi connectivity index (χ1v) is 20.8. The lowest BCUT2D eigenvalue weighted by atomic mass is 9.84. The van der Waals surface area contributed by atoms with Crippen molar-refractivity contribution in [2.45, 2.75) is 97.6 Å². The summed E-state index contributed by atoms with van der Waals surface area (Å²) in [6, 6.07) is 26.9. The van der Waals surface area contributed by atoms with Gasteiger partial charge in [-0.25, -0.2) is 9.59 Å². The lowest BCUT2D eigenvalue weighted by molar-refractivity contribution is -0.131. The molecular formula is C48H62N6O7. The second-order valence-corrected chi connectivity index (χ2v) is 18.1. The predicted octanol–water partition coefficient (Wildman–Crippen LogP) is 6.64. The van der Waals surface area contributed by atoms with Crippen LogP contribution in [0.4, 0.5) is 9.59 Å². The van der Waals surface area contributed by atoms with E-state index >= 15 is 0 Å². The molecule has 1 fully saturated rings. The minimum Gasteiger partial charge on any atom is -0.496 e. The number of nitrogens with zero attached hydrogens (tertiary/aromatic N) is 4. The first-order chi connectivity index (χ1) is 28.9. The third-order valence-electron chi connectivity index (χ3n) is 11.2. The van der Waals surface area contributed by atoms with Crippen molar-refractivity contribution in [1.29, 1.82) is 0 Å². The zero-order valence-corrected chi connectivity index (χ0v) is 36.7. The summed E-state index contributed by atoms with van der Waals surface area (Å²) in [5.74, 6) is -0.224. The van der Waals surface area contributed by atoms with Crippen LogP contribution in [0.5, 0.6) is 5.75 Å². The van der Waals surface area contributed by atoms with Gasteiger partial charge in [0, 0.05) is 43.5 Å². The molecule has 0 unspecified atom stereocenters. The Balaban J connectivity index is 1.43. The maximum absolute atomic E-state index is 14.6. The smallest absolute Gasteiger partial charge is 0.407 e. The van der Waals surface area contributed by atoms with Crippen LogP contribution in [0.15, 0.2) is 103 Å². The number of amides is 5. The number of nitrogens with one attached hydrogen (secondary N) is 2. The van der Waals surface area contributed by atoms with E-state index < -0.39 is 59.0 Å². The lowest BCUT2D eigenvalue weighted by Gasteiger charge is -2.38. The number of aliphatic hydroxyl groups excluding tert-OH is 1. The molecule has 61 heavy (non-hydrogen) atoms. The highest BCUT2D eigenvalue weighted by atomic mass is 16.5. The van der Waals surface area contributed by atoms with Crippen LogP contribution >= 0.6 is 0 Å². The monoisotopic (exact) mass is 834 g/mol. The number of aromatic nitrogens is 1. The van der Waals surface area contributed by atoms with E-state index in [-0.39, 0.29) is 18.9 Å². The molecule has 0 bridgehead atoms. The van der Waals surface area contributed by atoms with Crippen LogP contribution in [0.3, 0.4) is 0 Å². The van der Waals surface area contributed by atoms with Gasteiger partial charge in [0.1, 0.15) is 17.8 Å². The van der Waals surface area contributed by atoms with E-state index in [1.165, 1.54) is 7.05 Å². The van der Waals surface area contributed by atoms with Crippen molar-refractivity contribution < 1.29 is 34.1 Å². The molecule has 1 aliphatic rings. The highest BCUT2D eigenvalue weighted by Crippen LogP contribution is 2.31. The number of carboxylic acid groups (broad SMARTS) is 1. The van der Waals surface area contributed by atoms with Crippen LogP contribution in [0, 0.1) is 10.8 Å². The Kier molecular flexibility index (Phi) is 15.2. The predicted molar refractivity (Wildman–Crippen MR) is 236 cm³/mol. The van der Waals surface area contributed by atoms with Gasteiger partial charge < -0.3 is 35.4 Å². The van der Waals surface area contributed by atoms with Gasteiger partial charge in [-0.1, -0.05) is 120 Å². The number of hydrogen-bond acceptors (Lipinski definition) is 7. The molecule has 0 spiro atoms. The van der Waals surface area contributed by atoms with Gasteiger partial charge in [0.15, 0.2) is 0 Å². The van der Waals surface area contributed by atoms with Crippen molar-refractivity contribution in [3.63, 3.8) is 0 Å². The summed E-state index contributed by atoms with van der Waals surface area (Å²) in [5.41, 5.74) is 2.90. The Morgan fingerprint density at radius 1 is 0.803 bits per heavy atom. The lowest BCUT2D eigenvalue weighted by Crippen LogP contribution is -2.59. The molecule has 1 aliphatic heterocycles. The molecule has 5 amide bonds. The number of carbonyl (C=O) groups is 4. The van der Waals surface area contributed by atoms with E-state index in [4.69, 9.17) is 4.74 Å². The molecule has 5 atom stereocenters. The van der Waals surface area contributed by atoms with Crippen molar-refractivity contribution >= 4 is 23.9 Å². The van der Waals surface area contributed by atoms with Crippen LogP contribution in [-0.4, -0.2) is 111 Å². The maximum Gasteiger partial charge on any atom is 0.407 e. The van der Waals surface area contributed by atoms with Crippen molar-refractivity contribution in [3.8, 4) is 17.0 Å². The minimum absolute atomic E-state index is 0.0225. The molecule has 326 valence electrons. The summed E-state index contributed by atoms with van der Waals surface area (Å²) < 4.78 is 5.53. The fraction of sp³-hybridized carbons (Fsp3) is 0.438. The largest absolute Gasteiger partial charge is 0.496 e. The summed E-state index contributed by atoms with van der Waals surface area (Å²) in [6.45, 7) is 12.2. The normalized spacial score (nSPS) is 15.7. The number of benzene rings is 3. The second-order valence-electron chi connectivity index (χ2n) is 18.1. The van der Waals surface area contributed by atoms with Gasteiger partial charge >= 0.3 is 12.1 Å². The molecule has 13 nitrogen and oxygen atoms in total. The molecule has 1 aromatic heterocycles. The standard InChI is InChI=1S/C48H62N6O7/c1-47(2,3)41(52(7)46(59)60)43(56)50-36(28-33-21-23-34(24-22-33)37-19-14-15-25-49-37)30-39(55)38(29-32-16-10-9-11-17-32)51-44(57)42(48(4,5)6)54-27-26-53(45(54)58)31-35-18-12-13-20-40(35)61-8/h9-25,36,38-39,41-42,55H,26-31H2,1-8H3,(H,50,56)(H,51,57)(H,59,60)/t36-,38+,39+,41-,42-/m1/s1. The highest BCUT2D eigenvalue weighted by Gasteiger charge is 2.45. The summed E-state index contributed by atoms with van der Waals surface area (Å²) in [6.07, 6.45) is -0.0931. The number of likely N-dealkylation sites (N-methyl/N-ethyl adjacent to an activating group) is 1. The average molecular weight is 835 g/mol. The third kappa shape index (κ3) is 12.1. The van der Waals surface area contributed by atoms with Crippen LogP contribution in [-0.2, 0) is 29.0 Å². The number of methoxy groups -OCH3 is 1. The van der Waals surface area contributed by atoms with E-state index in [1.54, 1.807) is 43.9 Å². The van der Waals surface area contributed by atoms with Crippen LogP contribution in [0.1, 0.15) is 64.7 Å².